The van der Waals surface area contributed by atoms with Crippen LogP contribution in [0.2, 0.25) is 0 Å². The fraction of sp³-hybridized carbons (Fsp3) is 0. The number of aromatic hydroxyl groups is 1. The van der Waals surface area contributed by atoms with Crippen LogP contribution < -0.4 is 5.56 Å². The first kappa shape index (κ1) is 14.9. The Balaban J connectivity index is 2.46. The number of benzene rings is 2. The Morgan fingerprint density at radius 2 is 1.39 bits per heavy atom. The van der Waals surface area contributed by atoms with E-state index in [9.17, 15) is 9.90 Å². The zero-order valence-corrected chi connectivity index (χ0v) is 12.8. The molecule has 5 nitrogen and oxygen atoms in total. The van der Waals surface area contributed by atoms with Crippen LogP contribution in [0.1, 0.15) is 5.56 Å². The third-order valence-electron chi connectivity index (χ3n) is 3.44. The summed E-state index contributed by atoms with van der Waals surface area (Å²) in [4.78, 5) is 12.6. The third-order valence-corrected chi connectivity index (χ3v) is 3.81. The molecule has 0 saturated heterocycles. The van der Waals surface area contributed by atoms with E-state index < -0.39 is 5.56 Å². The Hall–Kier alpha value is -2.99. The molecule has 1 heterocycles. The van der Waals surface area contributed by atoms with Gasteiger partial charge < -0.3 is 10.5 Å². The minimum Gasteiger partial charge on any atom is -0.494 e. The predicted molar refractivity (Wildman–Crippen MR) is 91.8 cm³/mol. The zero-order chi connectivity index (χ0) is 16.4. The number of nitrogens with one attached hydrogen (secondary N) is 1. The van der Waals surface area contributed by atoms with Gasteiger partial charge >= 0.3 is 0 Å². The maximum absolute atomic E-state index is 12.6. The lowest BCUT2D eigenvalue weighted by Crippen LogP contribution is -2.26. The molecule has 0 saturated carbocycles. The van der Waals surface area contributed by atoms with E-state index in [0.717, 1.165) is 6.21 Å². The lowest BCUT2D eigenvalue weighted by molar-refractivity contribution is 0.430. The van der Waals surface area contributed by atoms with Crippen LogP contribution in [0.4, 0.5) is 0 Å². The van der Waals surface area contributed by atoms with Crippen LogP contribution >= 0.6 is 12.2 Å². The lowest BCUT2D eigenvalue weighted by atomic mass is 10.2. The molecule has 114 valence electrons. The smallest absolute Gasteiger partial charge is 0.271 e. The second kappa shape index (κ2) is 6.02. The van der Waals surface area contributed by atoms with Gasteiger partial charge in [-0.2, -0.15) is 0 Å². The minimum atomic E-state index is -0.527. The predicted octanol–water partition coefficient (Wildman–Crippen LogP) is 3.06. The molecule has 23 heavy (non-hydrogen) atoms. The summed E-state index contributed by atoms with van der Waals surface area (Å²) in [6.45, 7) is 0. The van der Waals surface area contributed by atoms with Crippen LogP contribution in [0.3, 0.4) is 0 Å². The van der Waals surface area contributed by atoms with Gasteiger partial charge in [-0.15, -0.1) is 0 Å². The Morgan fingerprint density at radius 3 is 1.87 bits per heavy atom. The molecule has 6 heteroatoms. The van der Waals surface area contributed by atoms with Crippen molar-refractivity contribution in [1.29, 1.82) is 5.41 Å². The van der Waals surface area contributed by atoms with Crippen molar-refractivity contribution in [2.75, 3.05) is 0 Å². The molecule has 2 aromatic carbocycles. The number of nitrogens with zero attached hydrogens (tertiary/aromatic N) is 2. The first-order valence-corrected chi connectivity index (χ1v) is 7.28. The molecule has 2 N–H and O–H groups in total. The third kappa shape index (κ3) is 2.49. The maximum atomic E-state index is 12.6. The highest BCUT2D eigenvalue weighted by Crippen LogP contribution is 2.20. The van der Waals surface area contributed by atoms with Crippen LogP contribution in [-0.4, -0.2) is 20.5 Å². The Kier molecular flexibility index (Phi) is 3.91. The molecule has 0 aliphatic heterocycles. The molecule has 3 rings (SSSR count). The van der Waals surface area contributed by atoms with Gasteiger partial charge in [-0.05, 0) is 36.5 Å². The fourth-order valence-electron chi connectivity index (χ4n) is 2.35. The number of aromatic nitrogens is 2. The topological polar surface area (TPSA) is 71.0 Å². The van der Waals surface area contributed by atoms with Gasteiger partial charge in [-0.25, -0.2) is 0 Å². The Bertz CT molecular complexity index is 976. The van der Waals surface area contributed by atoms with E-state index in [4.69, 9.17) is 17.6 Å². The Labute approximate surface area is 137 Å². The summed E-state index contributed by atoms with van der Waals surface area (Å²) < 4.78 is 2.82. The quantitative estimate of drug-likeness (QED) is 0.575. The van der Waals surface area contributed by atoms with E-state index >= 15 is 0 Å². The highest BCUT2D eigenvalue weighted by atomic mass is 32.1. The number of para-hydroxylation sites is 2. The van der Waals surface area contributed by atoms with E-state index in [1.807, 2.05) is 12.1 Å². The highest BCUT2D eigenvalue weighted by Gasteiger charge is 2.17. The van der Waals surface area contributed by atoms with Gasteiger partial charge in [0.15, 0.2) is 4.77 Å². The summed E-state index contributed by atoms with van der Waals surface area (Å²) in [5.41, 5.74) is 0.547. The normalized spacial score (nSPS) is 10.4. The second-order valence-corrected chi connectivity index (χ2v) is 5.18. The number of hydrogen-bond acceptors (Lipinski definition) is 4. The summed E-state index contributed by atoms with van der Waals surface area (Å²) in [5, 5.41) is 17.9. The molecule has 0 radical (unpaired) electrons. The molecular weight excluding hydrogens is 310 g/mol. The van der Waals surface area contributed by atoms with Gasteiger partial charge in [0.2, 0.25) is 5.88 Å². The fourth-order valence-corrected chi connectivity index (χ4v) is 2.74. The lowest BCUT2D eigenvalue weighted by Gasteiger charge is -2.16. The number of hydrogen-bond donors (Lipinski definition) is 2. The van der Waals surface area contributed by atoms with Gasteiger partial charge in [0.25, 0.3) is 5.56 Å². The summed E-state index contributed by atoms with van der Waals surface area (Å²) in [7, 11) is 0. The molecule has 1 aromatic heterocycles. The van der Waals surface area contributed by atoms with E-state index in [2.05, 4.69) is 0 Å². The molecular formula is C17H13N3O2S. The average Bonchev–Trinajstić information content (AvgIpc) is 2.57. The largest absolute Gasteiger partial charge is 0.494 e. The monoisotopic (exact) mass is 323 g/mol. The second-order valence-electron chi connectivity index (χ2n) is 4.81. The van der Waals surface area contributed by atoms with Crippen molar-refractivity contribution in [3.05, 3.63) is 81.4 Å². The standard InChI is InChI=1S/C17H13N3O2S/c18-11-14-15(21)19(12-7-3-1-4-8-12)17(23)20(16(14)22)13-9-5-2-6-10-13/h1-11,18,21H. The summed E-state index contributed by atoms with van der Waals surface area (Å²) in [6.07, 6.45) is 0.839. The summed E-state index contributed by atoms with van der Waals surface area (Å²) in [5.74, 6) is -0.339. The van der Waals surface area contributed by atoms with E-state index in [-0.39, 0.29) is 16.2 Å². The molecule has 0 fully saturated rings. The maximum Gasteiger partial charge on any atom is 0.271 e. The van der Waals surface area contributed by atoms with Crippen LogP contribution in [-0.2, 0) is 0 Å². The molecule has 3 aromatic rings. The van der Waals surface area contributed by atoms with Gasteiger partial charge in [0.1, 0.15) is 5.56 Å². The van der Waals surface area contributed by atoms with Crippen LogP contribution in [0.25, 0.3) is 11.4 Å². The van der Waals surface area contributed by atoms with E-state index in [0.29, 0.717) is 11.4 Å². The van der Waals surface area contributed by atoms with Crippen molar-refractivity contribution in [1.82, 2.24) is 9.13 Å². The van der Waals surface area contributed by atoms with Gasteiger partial charge in [0.05, 0.1) is 11.4 Å². The van der Waals surface area contributed by atoms with Crippen molar-refractivity contribution in [3.63, 3.8) is 0 Å². The van der Waals surface area contributed by atoms with Crippen molar-refractivity contribution >= 4 is 18.4 Å². The van der Waals surface area contributed by atoms with Gasteiger partial charge in [-0.3, -0.25) is 13.9 Å². The van der Waals surface area contributed by atoms with Crippen molar-refractivity contribution < 1.29 is 5.11 Å². The Morgan fingerprint density at radius 1 is 0.913 bits per heavy atom. The zero-order valence-electron chi connectivity index (χ0n) is 12.0. The molecule has 0 atom stereocenters. The minimum absolute atomic E-state index is 0.119. The highest BCUT2D eigenvalue weighted by molar-refractivity contribution is 7.71. The summed E-state index contributed by atoms with van der Waals surface area (Å²) in [6, 6.07) is 17.9. The first-order valence-electron chi connectivity index (χ1n) is 6.87. The van der Waals surface area contributed by atoms with Gasteiger partial charge in [0, 0.05) is 6.21 Å². The summed E-state index contributed by atoms with van der Waals surface area (Å²) >= 11 is 5.43. The van der Waals surface area contributed by atoms with Crippen molar-refractivity contribution in [3.8, 4) is 17.3 Å². The number of rotatable bonds is 3. The molecule has 0 aliphatic carbocycles. The first-order chi connectivity index (χ1) is 11.1. The molecule has 0 spiro atoms. The van der Waals surface area contributed by atoms with Crippen molar-refractivity contribution in [2.45, 2.75) is 0 Å². The van der Waals surface area contributed by atoms with Crippen LogP contribution in [0.15, 0.2) is 65.5 Å². The van der Waals surface area contributed by atoms with E-state index in [1.54, 1.807) is 48.5 Å². The van der Waals surface area contributed by atoms with Gasteiger partial charge in [-0.1, -0.05) is 36.4 Å². The van der Waals surface area contributed by atoms with Crippen molar-refractivity contribution in [2.24, 2.45) is 0 Å². The van der Waals surface area contributed by atoms with Crippen LogP contribution in [0.5, 0.6) is 5.88 Å². The molecule has 0 amide bonds. The molecule has 0 unspecified atom stereocenters. The average molecular weight is 323 g/mol. The molecule has 0 aliphatic rings. The SMILES string of the molecule is N=Cc1c(O)n(-c2ccccc2)c(=S)n(-c2ccccc2)c1=O. The van der Waals surface area contributed by atoms with Crippen LogP contribution in [0, 0.1) is 10.2 Å². The molecule has 0 bridgehead atoms. The van der Waals surface area contributed by atoms with E-state index in [1.165, 1.54) is 9.13 Å².